The maximum atomic E-state index is 12.1. The molecule has 1 fully saturated rings. The van der Waals surface area contributed by atoms with Crippen molar-refractivity contribution in [1.29, 1.82) is 0 Å². The molecule has 1 unspecified atom stereocenters. The highest BCUT2D eigenvalue weighted by atomic mass is 79.9. The van der Waals surface area contributed by atoms with Crippen molar-refractivity contribution in [2.24, 2.45) is 5.92 Å². The molecule has 1 aliphatic rings. The quantitative estimate of drug-likeness (QED) is 0.870. The lowest BCUT2D eigenvalue weighted by atomic mass is 10.4. The van der Waals surface area contributed by atoms with Crippen molar-refractivity contribution in [2.75, 3.05) is 18.1 Å². The van der Waals surface area contributed by atoms with E-state index in [1.54, 1.807) is 22.6 Å². The number of halogens is 1. The zero-order valence-electron chi connectivity index (χ0n) is 10.6. The third-order valence-corrected chi connectivity index (χ3v) is 4.83. The number of nitrogens with zero attached hydrogens (tertiary/aromatic N) is 2. The molecule has 4 nitrogen and oxygen atoms in total. The van der Waals surface area contributed by atoms with E-state index in [4.69, 9.17) is 0 Å². The highest BCUT2D eigenvalue weighted by molar-refractivity contribution is 9.10. The average molecular weight is 332 g/mol. The van der Waals surface area contributed by atoms with Gasteiger partial charge in [0.2, 0.25) is 0 Å². The summed E-state index contributed by atoms with van der Waals surface area (Å²) in [4.78, 5) is 12.1. The zero-order chi connectivity index (χ0) is 13.1. The van der Waals surface area contributed by atoms with Crippen molar-refractivity contribution < 1.29 is 0 Å². The Balaban J connectivity index is 2.07. The third-order valence-electron chi connectivity index (χ3n) is 3.10. The van der Waals surface area contributed by atoms with Crippen LogP contribution in [0.25, 0.3) is 0 Å². The van der Waals surface area contributed by atoms with Crippen molar-refractivity contribution in [2.45, 2.75) is 31.6 Å². The van der Waals surface area contributed by atoms with E-state index in [1.807, 2.05) is 0 Å². The summed E-state index contributed by atoms with van der Waals surface area (Å²) in [5.74, 6) is 0.650. The molecule has 1 atom stereocenters. The van der Waals surface area contributed by atoms with E-state index in [2.05, 4.69) is 39.5 Å². The molecule has 0 aliphatic heterocycles. The second-order valence-corrected chi connectivity index (χ2v) is 6.80. The normalized spacial score (nSPS) is 16.6. The fraction of sp³-hybridized carbons (Fsp3) is 0.667. The number of aromatic nitrogens is 2. The summed E-state index contributed by atoms with van der Waals surface area (Å²) in [7, 11) is 0. The number of thioether (sulfide) groups is 1. The third kappa shape index (κ3) is 3.51. The molecule has 1 aromatic heterocycles. The number of anilines is 1. The van der Waals surface area contributed by atoms with Gasteiger partial charge in [0.05, 0.1) is 11.9 Å². The summed E-state index contributed by atoms with van der Waals surface area (Å²) in [5.41, 5.74) is 0.747. The van der Waals surface area contributed by atoms with Crippen LogP contribution in [-0.2, 0) is 6.54 Å². The van der Waals surface area contributed by atoms with Gasteiger partial charge in [0.1, 0.15) is 4.47 Å². The summed E-state index contributed by atoms with van der Waals surface area (Å²) in [5, 5.41) is 7.99. The first-order valence-electron chi connectivity index (χ1n) is 6.14. The average Bonchev–Trinajstić information content (AvgIpc) is 3.17. The molecule has 2 rings (SSSR count). The van der Waals surface area contributed by atoms with Crippen molar-refractivity contribution in [3.8, 4) is 0 Å². The molecule has 0 amide bonds. The minimum atomic E-state index is -0.0382. The maximum absolute atomic E-state index is 12.1. The SMILES string of the molecule is CSC(C)CNc1cnn(CC2CC2)c(=O)c1Br. The molecule has 0 saturated heterocycles. The highest BCUT2D eigenvalue weighted by Gasteiger charge is 2.23. The Morgan fingerprint density at radius 1 is 1.67 bits per heavy atom. The summed E-state index contributed by atoms with van der Waals surface area (Å²) >= 11 is 5.16. The Kier molecular flexibility index (Phi) is 4.72. The molecule has 0 radical (unpaired) electrons. The molecule has 1 aliphatic carbocycles. The molecule has 6 heteroatoms. The van der Waals surface area contributed by atoms with Crippen LogP contribution in [0.5, 0.6) is 0 Å². The molecule has 1 saturated carbocycles. The summed E-state index contributed by atoms with van der Waals surface area (Å²) in [6.45, 7) is 3.72. The number of hydrogen-bond acceptors (Lipinski definition) is 4. The highest BCUT2D eigenvalue weighted by Crippen LogP contribution is 2.30. The fourth-order valence-corrected chi connectivity index (χ4v) is 2.30. The lowest BCUT2D eigenvalue weighted by molar-refractivity contribution is 0.532. The van der Waals surface area contributed by atoms with Crippen molar-refractivity contribution in [3.05, 3.63) is 21.0 Å². The van der Waals surface area contributed by atoms with Gasteiger partial charge in [-0.15, -0.1) is 0 Å². The zero-order valence-corrected chi connectivity index (χ0v) is 13.1. The van der Waals surface area contributed by atoms with Crippen molar-refractivity contribution in [1.82, 2.24) is 9.78 Å². The summed E-state index contributed by atoms with van der Waals surface area (Å²) in [6, 6.07) is 0. The van der Waals surface area contributed by atoms with Crippen LogP contribution in [0.3, 0.4) is 0 Å². The second kappa shape index (κ2) is 6.10. The van der Waals surface area contributed by atoms with Gasteiger partial charge in [0, 0.05) is 18.3 Å². The fourth-order valence-electron chi connectivity index (χ4n) is 1.60. The van der Waals surface area contributed by atoms with Crippen molar-refractivity contribution >= 4 is 33.4 Å². The van der Waals surface area contributed by atoms with Gasteiger partial charge >= 0.3 is 0 Å². The first-order chi connectivity index (χ1) is 8.61. The molecule has 1 N–H and O–H groups in total. The monoisotopic (exact) mass is 331 g/mol. The first kappa shape index (κ1) is 13.9. The minimum Gasteiger partial charge on any atom is -0.382 e. The van der Waals surface area contributed by atoms with Gasteiger partial charge in [0.25, 0.3) is 5.56 Å². The number of hydrogen-bond donors (Lipinski definition) is 1. The molecule has 18 heavy (non-hydrogen) atoms. The standard InChI is InChI=1S/C12H18BrN3OS/c1-8(18-2)5-14-10-6-15-16(7-9-3-4-9)12(17)11(10)13/h6,8-9,14H,3-5,7H2,1-2H3. The van der Waals surface area contributed by atoms with E-state index in [-0.39, 0.29) is 5.56 Å². The number of nitrogens with one attached hydrogen (secondary N) is 1. The van der Waals surface area contributed by atoms with E-state index in [0.29, 0.717) is 15.6 Å². The Morgan fingerprint density at radius 3 is 3.00 bits per heavy atom. The smallest absolute Gasteiger partial charge is 0.283 e. The molecule has 0 bridgehead atoms. The van der Waals surface area contributed by atoms with E-state index in [9.17, 15) is 4.79 Å². The van der Waals surface area contributed by atoms with Crippen LogP contribution in [0, 0.1) is 5.92 Å². The molecule has 1 aromatic rings. The van der Waals surface area contributed by atoms with Crippen molar-refractivity contribution in [3.63, 3.8) is 0 Å². The Labute approximate surface area is 120 Å². The Morgan fingerprint density at radius 2 is 2.39 bits per heavy atom. The largest absolute Gasteiger partial charge is 0.382 e. The van der Waals surface area contributed by atoms with Gasteiger partial charge in [-0.25, -0.2) is 4.68 Å². The van der Waals surface area contributed by atoms with Gasteiger partial charge < -0.3 is 5.32 Å². The van der Waals surface area contributed by atoms with Crippen LogP contribution in [0.15, 0.2) is 15.5 Å². The topological polar surface area (TPSA) is 46.9 Å². The maximum Gasteiger partial charge on any atom is 0.283 e. The predicted molar refractivity (Wildman–Crippen MR) is 80.4 cm³/mol. The van der Waals surface area contributed by atoms with Crippen LogP contribution in [0.2, 0.25) is 0 Å². The van der Waals surface area contributed by atoms with E-state index < -0.39 is 0 Å². The second-order valence-electron chi connectivity index (χ2n) is 4.73. The lowest BCUT2D eigenvalue weighted by Crippen LogP contribution is -2.26. The van der Waals surface area contributed by atoms with Crippen LogP contribution < -0.4 is 10.9 Å². The summed E-state index contributed by atoms with van der Waals surface area (Å²) < 4.78 is 2.15. The van der Waals surface area contributed by atoms with E-state index in [1.165, 1.54) is 12.8 Å². The van der Waals surface area contributed by atoms with Gasteiger partial charge in [-0.2, -0.15) is 16.9 Å². The van der Waals surface area contributed by atoms with Gasteiger partial charge in [-0.05, 0) is 40.9 Å². The van der Waals surface area contributed by atoms with E-state index in [0.717, 1.165) is 18.8 Å². The lowest BCUT2D eigenvalue weighted by Gasteiger charge is -2.13. The Hall–Kier alpha value is -0.490. The molecule has 100 valence electrons. The van der Waals surface area contributed by atoms with Crippen LogP contribution in [-0.4, -0.2) is 27.8 Å². The van der Waals surface area contributed by atoms with Gasteiger partial charge in [-0.1, -0.05) is 6.92 Å². The first-order valence-corrected chi connectivity index (χ1v) is 8.22. The molecular formula is C12H18BrN3OS. The molecule has 0 spiro atoms. The van der Waals surface area contributed by atoms with Crippen LogP contribution in [0.1, 0.15) is 19.8 Å². The van der Waals surface area contributed by atoms with Gasteiger partial charge in [-0.3, -0.25) is 4.79 Å². The summed E-state index contributed by atoms with van der Waals surface area (Å²) in [6.07, 6.45) is 6.25. The molecule has 0 aromatic carbocycles. The van der Waals surface area contributed by atoms with Gasteiger partial charge in [0.15, 0.2) is 0 Å². The van der Waals surface area contributed by atoms with Crippen LogP contribution in [0.4, 0.5) is 5.69 Å². The minimum absolute atomic E-state index is 0.0382. The van der Waals surface area contributed by atoms with E-state index >= 15 is 0 Å². The molecular weight excluding hydrogens is 314 g/mol. The number of rotatable bonds is 6. The molecule has 1 heterocycles. The Bertz CT molecular complexity index is 473. The predicted octanol–water partition coefficient (Wildman–Crippen LogP) is 2.58. The van der Waals surface area contributed by atoms with Crippen LogP contribution >= 0.6 is 27.7 Å².